The van der Waals surface area contributed by atoms with Gasteiger partial charge in [0.05, 0.1) is 5.69 Å². The summed E-state index contributed by atoms with van der Waals surface area (Å²) >= 11 is 0. The van der Waals surface area contributed by atoms with Crippen molar-refractivity contribution in [1.29, 1.82) is 0 Å². The van der Waals surface area contributed by atoms with Gasteiger partial charge in [0, 0.05) is 19.2 Å². The summed E-state index contributed by atoms with van der Waals surface area (Å²) in [7, 11) is 0. The zero-order valence-corrected chi connectivity index (χ0v) is 13.8. The van der Waals surface area contributed by atoms with E-state index >= 15 is 0 Å². The first kappa shape index (κ1) is 18.9. The highest BCUT2D eigenvalue weighted by atomic mass is 35.5. The number of rotatable bonds is 7. The second-order valence-corrected chi connectivity index (χ2v) is 4.81. The van der Waals surface area contributed by atoms with Crippen LogP contribution in [0.2, 0.25) is 0 Å². The van der Waals surface area contributed by atoms with E-state index in [-0.39, 0.29) is 29.6 Å². The molecule has 0 aliphatic heterocycles. The van der Waals surface area contributed by atoms with E-state index in [2.05, 4.69) is 22.7 Å². The third kappa shape index (κ3) is 5.50. The molecule has 0 saturated heterocycles. The van der Waals surface area contributed by atoms with Crippen molar-refractivity contribution in [3.05, 3.63) is 58.5 Å². The second kappa shape index (κ2) is 9.76. The van der Waals surface area contributed by atoms with Gasteiger partial charge in [0.25, 0.3) is 11.5 Å². The van der Waals surface area contributed by atoms with Crippen LogP contribution in [0.3, 0.4) is 0 Å². The number of halogens is 1. The van der Waals surface area contributed by atoms with Crippen molar-refractivity contribution >= 4 is 18.3 Å². The molecule has 0 spiro atoms. The lowest BCUT2D eigenvalue weighted by molar-refractivity contribution is 0.0947. The first-order chi connectivity index (χ1) is 10.7. The molecule has 0 radical (unpaired) electrons. The minimum atomic E-state index is -0.289. The van der Waals surface area contributed by atoms with Crippen molar-refractivity contribution < 1.29 is 4.79 Å². The normalized spacial score (nSPS) is 9.96. The third-order valence-electron chi connectivity index (χ3n) is 3.05. The number of hydrogen-bond acceptors (Lipinski definition) is 4. The molecule has 0 aliphatic rings. The van der Waals surface area contributed by atoms with E-state index in [4.69, 9.17) is 0 Å². The number of nitrogens with one attached hydrogen (secondary N) is 2. The zero-order chi connectivity index (χ0) is 15.8. The van der Waals surface area contributed by atoms with Crippen LogP contribution in [0.1, 0.15) is 23.8 Å². The Hall–Kier alpha value is -2.18. The van der Waals surface area contributed by atoms with Crippen LogP contribution in [0.4, 0.5) is 0 Å². The minimum absolute atomic E-state index is 0. The molecule has 0 bridgehead atoms. The summed E-state index contributed by atoms with van der Waals surface area (Å²) < 4.78 is 1.23. The Labute approximate surface area is 141 Å². The fourth-order valence-electron chi connectivity index (χ4n) is 1.94. The van der Waals surface area contributed by atoms with Crippen molar-refractivity contribution in [2.75, 3.05) is 19.6 Å². The standard InChI is InChI=1S/C16H20N4O2.ClH/c1-2-10-17-11-12-18-16(22)14-8-9-15(21)20(19-14)13-6-4-3-5-7-13;/h3-9,17H,2,10-12H2,1H3,(H,18,22);1H. The van der Waals surface area contributed by atoms with Crippen LogP contribution in [0.25, 0.3) is 5.69 Å². The van der Waals surface area contributed by atoms with E-state index in [9.17, 15) is 9.59 Å². The van der Waals surface area contributed by atoms with Crippen LogP contribution in [0.5, 0.6) is 0 Å². The summed E-state index contributed by atoms with van der Waals surface area (Å²) in [6.45, 7) is 4.23. The van der Waals surface area contributed by atoms with Crippen molar-refractivity contribution in [3.8, 4) is 5.69 Å². The highest BCUT2D eigenvalue weighted by Crippen LogP contribution is 2.02. The lowest BCUT2D eigenvalue weighted by Gasteiger charge is -2.08. The summed E-state index contributed by atoms with van der Waals surface area (Å²) in [4.78, 5) is 23.9. The molecule has 0 atom stereocenters. The van der Waals surface area contributed by atoms with Crippen molar-refractivity contribution in [2.24, 2.45) is 0 Å². The van der Waals surface area contributed by atoms with Gasteiger partial charge in [-0.05, 0) is 31.2 Å². The number of benzene rings is 1. The molecule has 0 aliphatic carbocycles. The summed E-state index contributed by atoms with van der Waals surface area (Å²) in [5, 5.41) is 10.1. The molecule has 124 valence electrons. The molecular weight excluding hydrogens is 316 g/mol. The molecule has 1 aromatic heterocycles. The molecule has 2 aromatic rings. The molecular formula is C16H21ClN4O2. The van der Waals surface area contributed by atoms with Gasteiger partial charge in [-0.15, -0.1) is 12.4 Å². The molecule has 0 unspecified atom stereocenters. The first-order valence-corrected chi connectivity index (χ1v) is 7.37. The number of amides is 1. The van der Waals surface area contributed by atoms with Crippen molar-refractivity contribution in [3.63, 3.8) is 0 Å². The third-order valence-corrected chi connectivity index (χ3v) is 3.05. The molecule has 1 aromatic carbocycles. The van der Waals surface area contributed by atoms with Crippen LogP contribution in [-0.4, -0.2) is 35.3 Å². The maximum atomic E-state index is 12.1. The molecule has 1 heterocycles. The van der Waals surface area contributed by atoms with E-state index in [1.807, 2.05) is 18.2 Å². The summed E-state index contributed by atoms with van der Waals surface area (Å²) in [5.74, 6) is -0.289. The summed E-state index contributed by atoms with van der Waals surface area (Å²) in [5.41, 5.74) is 0.582. The Kier molecular flexibility index (Phi) is 8.01. The van der Waals surface area contributed by atoms with E-state index in [1.54, 1.807) is 12.1 Å². The number of hydrogen-bond donors (Lipinski definition) is 2. The highest BCUT2D eigenvalue weighted by Gasteiger charge is 2.09. The number of nitrogens with zero attached hydrogens (tertiary/aromatic N) is 2. The minimum Gasteiger partial charge on any atom is -0.349 e. The summed E-state index contributed by atoms with van der Waals surface area (Å²) in [6.07, 6.45) is 1.05. The zero-order valence-electron chi connectivity index (χ0n) is 13.0. The van der Waals surface area contributed by atoms with Crippen LogP contribution >= 0.6 is 12.4 Å². The Morgan fingerprint density at radius 2 is 1.83 bits per heavy atom. The topological polar surface area (TPSA) is 76.0 Å². The monoisotopic (exact) mass is 336 g/mol. The van der Waals surface area contributed by atoms with E-state index in [0.29, 0.717) is 18.8 Å². The number of para-hydroxylation sites is 1. The number of carbonyl (C=O) groups is 1. The molecule has 6 nitrogen and oxygen atoms in total. The molecule has 2 N–H and O–H groups in total. The number of aromatic nitrogens is 2. The fourth-order valence-corrected chi connectivity index (χ4v) is 1.94. The first-order valence-electron chi connectivity index (χ1n) is 7.37. The molecule has 23 heavy (non-hydrogen) atoms. The van der Waals surface area contributed by atoms with Crippen LogP contribution in [0, 0.1) is 0 Å². The Balaban J connectivity index is 0.00000264. The average molecular weight is 337 g/mol. The van der Waals surface area contributed by atoms with E-state index < -0.39 is 0 Å². The van der Waals surface area contributed by atoms with Gasteiger partial charge in [-0.25, -0.2) is 0 Å². The highest BCUT2D eigenvalue weighted by molar-refractivity contribution is 5.92. The van der Waals surface area contributed by atoms with Gasteiger partial charge in [-0.1, -0.05) is 25.1 Å². The number of carbonyl (C=O) groups excluding carboxylic acids is 1. The molecule has 2 rings (SSSR count). The van der Waals surface area contributed by atoms with Crippen molar-refractivity contribution in [2.45, 2.75) is 13.3 Å². The van der Waals surface area contributed by atoms with Gasteiger partial charge in [0.1, 0.15) is 5.69 Å². The second-order valence-electron chi connectivity index (χ2n) is 4.81. The van der Waals surface area contributed by atoms with Crippen LogP contribution in [0.15, 0.2) is 47.3 Å². The van der Waals surface area contributed by atoms with E-state index in [0.717, 1.165) is 13.0 Å². The molecule has 7 heteroatoms. The maximum Gasteiger partial charge on any atom is 0.271 e. The Bertz CT molecular complexity index is 673. The molecule has 1 amide bonds. The Morgan fingerprint density at radius 3 is 2.52 bits per heavy atom. The quantitative estimate of drug-likeness (QED) is 0.749. The lowest BCUT2D eigenvalue weighted by Crippen LogP contribution is -2.34. The Morgan fingerprint density at radius 1 is 1.09 bits per heavy atom. The van der Waals surface area contributed by atoms with Gasteiger partial charge < -0.3 is 10.6 Å². The smallest absolute Gasteiger partial charge is 0.271 e. The van der Waals surface area contributed by atoms with Gasteiger partial charge in [-0.2, -0.15) is 9.78 Å². The van der Waals surface area contributed by atoms with Crippen LogP contribution in [-0.2, 0) is 0 Å². The van der Waals surface area contributed by atoms with Crippen LogP contribution < -0.4 is 16.2 Å². The maximum absolute atomic E-state index is 12.1. The molecule has 0 fully saturated rings. The summed E-state index contributed by atoms with van der Waals surface area (Å²) in [6, 6.07) is 11.8. The van der Waals surface area contributed by atoms with Gasteiger partial charge in [0.2, 0.25) is 0 Å². The average Bonchev–Trinajstić information content (AvgIpc) is 2.55. The lowest BCUT2D eigenvalue weighted by atomic mass is 10.3. The van der Waals surface area contributed by atoms with Gasteiger partial charge in [-0.3, -0.25) is 9.59 Å². The largest absolute Gasteiger partial charge is 0.349 e. The SMILES string of the molecule is CCCNCCNC(=O)c1ccc(=O)n(-c2ccccc2)n1.Cl. The van der Waals surface area contributed by atoms with Gasteiger partial charge in [0.15, 0.2) is 0 Å². The predicted molar refractivity (Wildman–Crippen MR) is 92.6 cm³/mol. The predicted octanol–water partition coefficient (Wildman–Crippen LogP) is 1.38. The molecule has 0 saturated carbocycles. The van der Waals surface area contributed by atoms with E-state index in [1.165, 1.54) is 16.8 Å². The van der Waals surface area contributed by atoms with Gasteiger partial charge >= 0.3 is 0 Å². The fraction of sp³-hybridized carbons (Fsp3) is 0.312. The van der Waals surface area contributed by atoms with Crippen molar-refractivity contribution in [1.82, 2.24) is 20.4 Å².